The van der Waals surface area contributed by atoms with Crippen molar-refractivity contribution in [3.8, 4) is 33.9 Å². The lowest BCUT2D eigenvalue weighted by Crippen LogP contribution is -2.38. The topological polar surface area (TPSA) is 121 Å². The van der Waals surface area contributed by atoms with Gasteiger partial charge in [-0.25, -0.2) is 12.8 Å². The molecular formula is C36H38FN3O6S. The van der Waals surface area contributed by atoms with Crippen molar-refractivity contribution in [2.45, 2.75) is 39.5 Å². The van der Waals surface area contributed by atoms with Crippen molar-refractivity contribution < 1.29 is 31.9 Å². The van der Waals surface area contributed by atoms with E-state index in [1.807, 2.05) is 26.8 Å². The molecule has 0 aliphatic carbocycles. The molecular weight excluding hydrogens is 621 g/mol. The molecule has 0 aliphatic heterocycles. The lowest BCUT2D eigenvalue weighted by atomic mass is 9.96. The predicted octanol–water partition coefficient (Wildman–Crippen LogP) is 7.22. The van der Waals surface area contributed by atoms with Crippen LogP contribution in [0.2, 0.25) is 0 Å². The fourth-order valence-corrected chi connectivity index (χ4v) is 6.40. The molecule has 0 radical (unpaired) electrons. The van der Waals surface area contributed by atoms with Crippen LogP contribution in [0.1, 0.15) is 49.8 Å². The quantitative estimate of drug-likeness (QED) is 0.135. The number of aliphatic hydroxyl groups is 1. The van der Waals surface area contributed by atoms with Crippen LogP contribution in [0, 0.1) is 5.82 Å². The minimum absolute atomic E-state index is 0.147. The number of sulfonamides is 1. The molecule has 1 amide bonds. The number of anilines is 1. The minimum atomic E-state index is -3.71. The van der Waals surface area contributed by atoms with Gasteiger partial charge in [0, 0.05) is 47.8 Å². The van der Waals surface area contributed by atoms with Gasteiger partial charge in [0.1, 0.15) is 34.9 Å². The van der Waals surface area contributed by atoms with Crippen molar-refractivity contribution in [2.24, 2.45) is 0 Å². The highest BCUT2D eigenvalue weighted by molar-refractivity contribution is 7.92. The Labute approximate surface area is 274 Å². The van der Waals surface area contributed by atoms with E-state index in [4.69, 9.17) is 9.15 Å². The fourth-order valence-electron chi connectivity index (χ4n) is 5.42. The number of carbonyl (C=O) groups excluding carboxylic acids is 1. The summed E-state index contributed by atoms with van der Waals surface area (Å²) in [5.41, 5.74) is 2.90. The summed E-state index contributed by atoms with van der Waals surface area (Å²) in [6, 6.07) is 23.2. The molecule has 0 aliphatic rings. The molecule has 5 rings (SSSR count). The van der Waals surface area contributed by atoms with Crippen LogP contribution in [0.4, 0.5) is 10.1 Å². The summed E-state index contributed by atoms with van der Waals surface area (Å²) in [7, 11) is -2.19. The van der Waals surface area contributed by atoms with Crippen molar-refractivity contribution in [1.82, 2.24) is 10.6 Å². The van der Waals surface area contributed by atoms with E-state index in [9.17, 15) is 22.7 Å². The number of hydrogen-bond acceptors (Lipinski definition) is 7. The molecule has 0 fully saturated rings. The van der Waals surface area contributed by atoms with Crippen molar-refractivity contribution in [3.05, 3.63) is 102 Å². The number of ether oxygens (including phenoxy) is 1. The summed E-state index contributed by atoms with van der Waals surface area (Å²) >= 11 is 0. The number of carbonyl (C=O) groups is 1. The first kappa shape index (κ1) is 33.6. The second kappa shape index (κ2) is 13.2. The Hall–Kier alpha value is -4.71. The molecule has 1 atom stereocenters. The third-order valence-corrected chi connectivity index (χ3v) is 8.70. The second-order valence-electron chi connectivity index (χ2n) is 12.2. The maximum absolute atomic E-state index is 13.6. The molecule has 5 aromatic rings. The van der Waals surface area contributed by atoms with Crippen LogP contribution in [0.3, 0.4) is 0 Å². The Bertz CT molecular complexity index is 2030. The van der Waals surface area contributed by atoms with E-state index in [1.165, 1.54) is 23.5 Å². The molecule has 0 saturated heterocycles. The highest BCUT2D eigenvalue weighted by Gasteiger charge is 2.27. The number of fused-ring (bicyclic) bond motifs is 1. The Morgan fingerprint density at radius 3 is 2.30 bits per heavy atom. The number of nitrogens with zero attached hydrogens (tertiary/aromatic N) is 1. The van der Waals surface area contributed by atoms with Crippen molar-refractivity contribution in [2.75, 3.05) is 24.2 Å². The van der Waals surface area contributed by atoms with Crippen LogP contribution < -0.4 is 19.7 Å². The Kier molecular flexibility index (Phi) is 9.44. The lowest BCUT2D eigenvalue weighted by molar-refractivity contribution is 0.0964. The number of benzene rings is 4. The summed E-state index contributed by atoms with van der Waals surface area (Å²) in [4.78, 5) is 13.4. The first-order valence-electron chi connectivity index (χ1n) is 15.1. The maximum Gasteiger partial charge on any atom is 0.255 e. The molecule has 0 bridgehead atoms. The van der Waals surface area contributed by atoms with Gasteiger partial charge in [0.2, 0.25) is 10.0 Å². The van der Waals surface area contributed by atoms with Gasteiger partial charge in [-0.2, -0.15) is 0 Å². The number of aliphatic hydroxyl groups excluding tert-OH is 1. The number of amides is 1. The van der Waals surface area contributed by atoms with Gasteiger partial charge in [-0.3, -0.25) is 14.4 Å². The van der Waals surface area contributed by atoms with Gasteiger partial charge >= 0.3 is 0 Å². The monoisotopic (exact) mass is 659 g/mol. The van der Waals surface area contributed by atoms with Crippen LogP contribution in [-0.4, -0.2) is 44.8 Å². The Morgan fingerprint density at radius 2 is 1.68 bits per heavy atom. The lowest BCUT2D eigenvalue weighted by Gasteiger charge is -2.26. The van der Waals surface area contributed by atoms with Crippen LogP contribution in [0.15, 0.2) is 89.3 Å². The SMILES string of the molecule is CCN(c1cc2oc(-c3ccc(Oc4cccc(F)c4)cc3)c(C(=O)NC)c2cc1-c1cccc(C(O)NC(C)(C)C)c1)S(C)(=O)=O. The van der Waals surface area contributed by atoms with Gasteiger partial charge in [-0.15, -0.1) is 0 Å². The van der Waals surface area contributed by atoms with Crippen molar-refractivity contribution in [1.29, 1.82) is 0 Å². The highest BCUT2D eigenvalue weighted by atomic mass is 32.2. The number of nitrogens with one attached hydrogen (secondary N) is 2. The molecule has 9 nitrogen and oxygen atoms in total. The van der Waals surface area contributed by atoms with Gasteiger partial charge in [0.25, 0.3) is 5.91 Å². The van der Waals surface area contributed by atoms with Crippen molar-refractivity contribution >= 4 is 32.6 Å². The van der Waals surface area contributed by atoms with Crippen LogP contribution >= 0.6 is 0 Å². The molecule has 11 heteroatoms. The normalized spacial score (nSPS) is 12.6. The van der Waals surface area contributed by atoms with Gasteiger partial charge in [-0.1, -0.05) is 24.3 Å². The van der Waals surface area contributed by atoms with E-state index in [0.717, 1.165) is 6.26 Å². The standard InChI is InChI=1S/C36H38FN3O6S/c1-7-40(47(6,43)44)30-21-31-29(20-28(30)23-10-8-11-24(18-23)34(41)39-36(2,3)4)32(35(42)38-5)33(46-31)22-14-16-26(17-15-22)45-27-13-9-12-25(37)19-27/h8-21,34,39,41H,7H2,1-6H3,(H,38,42). The minimum Gasteiger partial charge on any atom is -0.457 e. The van der Waals surface area contributed by atoms with Gasteiger partial charge in [0.05, 0.1) is 17.5 Å². The van der Waals surface area contributed by atoms with E-state index in [0.29, 0.717) is 50.4 Å². The smallest absolute Gasteiger partial charge is 0.255 e. The van der Waals surface area contributed by atoms with E-state index >= 15 is 0 Å². The van der Waals surface area contributed by atoms with Gasteiger partial charge in [-0.05, 0) is 87.4 Å². The molecule has 0 saturated carbocycles. The second-order valence-corrected chi connectivity index (χ2v) is 14.1. The maximum atomic E-state index is 13.6. The summed E-state index contributed by atoms with van der Waals surface area (Å²) in [5, 5.41) is 17.2. The van der Waals surface area contributed by atoms with E-state index in [-0.39, 0.29) is 23.4 Å². The van der Waals surface area contributed by atoms with Crippen molar-refractivity contribution in [3.63, 3.8) is 0 Å². The average Bonchev–Trinajstić information content (AvgIpc) is 3.38. The predicted molar refractivity (Wildman–Crippen MR) is 183 cm³/mol. The number of hydrogen-bond donors (Lipinski definition) is 3. The zero-order valence-electron chi connectivity index (χ0n) is 27.1. The Balaban J connectivity index is 1.68. The van der Waals surface area contributed by atoms with Crippen LogP contribution in [-0.2, 0) is 10.0 Å². The van der Waals surface area contributed by atoms with Gasteiger partial charge < -0.3 is 19.6 Å². The molecule has 246 valence electrons. The molecule has 1 aromatic heterocycles. The van der Waals surface area contributed by atoms with Crippen LogP contribution in [0.5, 0.6) is 11.5 Å². The van der Waals surface area contributed by atoms with E-state index in [1.54, 1.807) is 73.7 Å². The summed E-state index contributed by atoms with van der Waals surface area (Å²) in [6.07, 6.45) is 0.156. The third-order valence-electron chi connectivity index (χ3n) is 7.45. The largest absolute Gasteiger partial charge is 0.457 e. The van der Waals surface area contributed by atoms with Gasteiger partial charge in [0.15, 0.2) is 0 Å². The van der Waals surface area contributed by atoms with Crippen LogP contribution in [0.25, 0.3) is 33.4 Å². The highest BCUT2D eigenvalue weighted by Crippen LogP contribution is 2.42. The molecule has 0 spiro atoms. The number of rotatable bonds is 10. The summed E-state index contributed by atoms with van der Waals surface area (Å²) < 4.78 is 53.0. The zero-order valence-corrected chi connectivity index (χ0v) is 27.9. The molecule has 1 unspecified atom stereocenters. The summed E-state index contributed by atoms with van der Waals surface area (Å²) in [5.74, 6) is 0.255. The third kappa shape index (κ3) is 7.48. The fraction of sp³-hybridized carbons (Fsp3) is 0.250. The molecule has 47 heavy (non-hydrogen) atoms. The first-order valence-corrected chi connectivity index (χ1v) is 16.9. The molecule has 4 aromatic carbocycles. The molecule has 3 N–H and O–H groups in total. The van der Waals surface area contributed by atoms with E-state index in [2.05, 4.69) is 10.6 Å². The molecule has 1 heterocycles. The first-order chi connectivity index (χ1) is 22.2. The Morgan fingerprint density at radius 1 is 0.979 bits per heavy atom. The zero-order chi connectivity index (χ0) is 34.1. The number of halogens is 1. The van der Waals surface area contributed by atoms with E-state index < -0.39 is 28.0 Å². The number of furan rings is 1. The summed E-state index contributed by atoms with van der Waals surface area (Å²) in [6.45, 7) is 7.71. The average molecular weight is 660 g/mol.